The maximum atomic E-state index is 9.11. The van der Waals surface area contributed by atoms with Crippen molar-refractivity contribution < 1.29 is 5.11 Å². The topological polar surface area (TPSA) is 20.2 Å². The van der Waals surface area contributed by atoms with Crippen LogP contribution in [0.2, 0.25) is 0 Å². The Morgan fingerprint density at radius 2 is 2.31 bits per heavy atom. The van der Waals surface area contributed by atoms with Crippen molar-refractivity contribution in [3.63, 3.8) is 0 Å². The van der Waals surface area contributed by atoms with Crippen LogP contribution in [0.15, 0.2) is 22.4 Å². The van der Waals surface area contributed by atoms with Crippen LogP contribution in [0.4, 0.5) is 0 Å². The van der Waals surface area contributed by atoms with Crippen LogP contribution in [-0.4, -0.2) is 5.11 Å². The second kappa shape index (κ2) is 3.33. The Bertz CT molecular complexity index is 445. The summed E-state index contributed by atoms with van der Waals surface area (Å²) in [5.74, 6) is 0. The van der Waals surface area contributed by atoms with E-state index in [-0.39, 0.29) is 6.61 Å². The van der Waals surface area contributed by atoms with Gasteiger partial charge in [0.1, 0.15) is 0 Å². The summed E-state index contributed by atoms with van der Waals surface area (Å²) >= 11 is 6.08. The molecule has 2 rings (SSSR count). The Morgan fingerprint density at radius 1 is 1.54 bits per heavy atom. The van der Waals surface area contributed by atoms with Crippen molar-refractivity contribution in [1.29, 1.82) is 0 Å². The van der Waals surface area contributed by atoms with E-state index in [1.54, 1.807) is 11.3 Å². The van der Waals surface area contributed by atoms with E-state index in [0.717, 1.165) is 10.5 Å². The smallest absolute Gasteiger partial charge is 0.0685 e. The van der Waals surface area contributed by atoms with Crippen LogP contribution in [0.25, 0.3) is 10.1 Å². The lowest BCUT2D eigenvalue weighted by Crippen LogP contribution is -1.88. The highest BCUT2D eigenvalue weighted by Gasteiger charge is 2.07. The van der Waals surface area contributed by atoms with Gasteiger partial charge < -0.3 is 5.11 Å². The molecule has 0 aliphatic heterocycles. The SMILES string of the molecule is Cc1c(CO)cc(S)c2ccsc12. The highest BCUT2D eigenvalue weighted by atomic mass is 32.1. The average Bonchev–Trinajstić information content (AvgIpc) is 2.60. The Balaban J connectivity index is 2.85. The predicted octanol–water partition coefficient (Wildman–Crippen LogP) is 2.99. The molecule has 0 aliphatic rings. The first kappa shape index (κ1) is 9.06. The monoisotopic (exact) mass is 210 g/mol. The summed E-state index contributed by atoms with van der Waals surface area (Å²) in [6.45, 7) is 2.13. The number of aryl methyl sites for hydroxylation is 1. The zero-order chi connectivity index (χ0) is 9.42. The van der Waals surface area contributed by atoms with Gasteiger partial charge in [0, 0.05) is 15.0 Å². The van der Waals surface area contributed by atoms with Crippen molar-refractivity contribution >= 4 is 34.1 Å². The molecule has 0 amide bonds. The Labute approximate surface area is 86.4 Å². The highest BCUT2D eigenvalue weighted by Crippen LogP contribution is 2.32. The third kappa shape index (κ3) is 1.37. The molecule has 0 unspecified atom stereocenters. The van der Waals surface area contributed by atoms with E-state index in [2.05, 4.69) is 24.1 Å². The van der Waals surface area contributed by atoms with Crippen LogP contribution >= 0.6 is 24.0 Å². The fourth-order valence-corrected chi connectivity index (χ4v) is 2.83. The molecule has 13 heavy (non-hydrogen) atoms. The zero-order valence-electron chi connectivity index (χ0n) is 7.24. The normalized spacial score (nSPS) is 11.0. The van der Waals surface area contributed by atoms with Crippen LogP contribution in [-0.2, 0) is 6.61 Å². The van der Waals surface area contributed by atoms with Crippen LogP contribution in [0.3, 0.4) is 0 Å². The minimum atomic E-state index is 0.0905. The first-order chi connectivity index (χ1) is 6.24. The molecule has 68 valence electrons. The lowest BCUT2D eigenvalue weighted by molar-refractivity contribution is 0.281. The van der Waals surface area contributed by atoms with Gasteiger partial charge in [-0.15, -0.1) is 24.0 Å². The minimum absolute atomic E-state index is 0.0905. The minimum Gasteiger partial charge on any atom is -0.392 e. The van der Waals surface area contributed by atoms with E-state index in [9.17, 15) is 0 Å². The van der Waals surface area contributed by atoms with Gasteiger partial charge in [-0.05, 0) is 35.6 Å². The van der Waals surface area contributed by atoms with E-state index >= 15 is 0 Å². The quantitative estimate of drug-likeness (QED) is 0.693. The molecule has 0 saturated heterocycles. The van der Waals surface area contributed by atoms with Gasteiger partial charge in [-0.2, -0.15) is 0 Å². The standard InChI is InChI=1S/C10H10OS2/c1-6-7(5-11)4-9(12)8-2-3-13-10(6)8/h2-4,11-12H,5H2,1H3. The molecule has 0 aliphatic carbocycles. The van der Waals surface area contributed by atoms with E-state index in [1.807, 2.05) is 13.0 Å². The molecular weight excluding hydrogens is 200 g/mol. The van der Waals surface area contributed by atoms with Gasteiger partial charge in [-0.3, -0.25) is 0 Å². The third-order valence-corrected chi connectivity index (χ3v) is 3.65. The predicted molar refractivity (Wildman–Crippen MR) is 59.7 cm³/mol. The van der Waals surface area contributed by atoms with E-state index in [4.69, 9.17) is 5.11 Å². The van der Waals surface area contributed by atoms with Gasteiger partial charge in [-0.1, -0.05) is 0 Å². The average molecular weight is 210 g/mol. The van der Waals surface area contributed by atoms with Crippen molar-refractivity contribution in [2.24, 2.45) is 0 Å². The summed E-state index contributed by atoms with van der Waals surface area (Å²) in [6.07, 6.45) is 0. The summed E-state index contributed by atoms with van der Waals surface area (Å²) in [6, 6.07) is 4.00. The summed E-state index contributed by atoms with van der Waals surface area (Å²) in [7, 11) is 0. The van der Waals surface area contributed by atoms with Crippen molar-refractivity contribution in [2.45, 2.75) is 18.4 Å². The van der Waals surface area contributed by atoms with Gasteiger partial charge in [0.05, 0.1) is 6.61 Å². The summed E-state index contributed by atoms with van der Waals surface area (Å²) in [4.78, 5) is 0.950. The molecule has 0 radical (unpaired) electrons. The molecule has 0 spiro atoms. The van der Waals surface area contributed by atoms with Crippen molar-refractivity contribution in [3.05, 3.63) is 28.6 Å². The molecule has 1 aromatic heterocycles. The molecule has 1 N–H and O–H groups in total. The number of rotatable bonds is 1. The fraction of sp³-hybridized carbons (Fsp3) is 0.200. The Hall–Kier alpha value is -0.510. The Morgan fingerprint density at radius 3 is 3.00 bits per heavy atom. The lowest BCUT2D eigenvalue weighted by atomic mass is 10.1. The number of hydrogen-bond acceptors (Lipinski definition) is 3. The molecule has 1 aromatic carbocycles. The first-order valence-electron chi connectivity index (χ1n) is 4.03. The lowest BCUT2D eigenvalue weighted by Gasteiger charge is -2.05. The van der Waals surface area contributed by atoms with Gasteiger partial charge in [0.15, 0.2) is 0 Å². The van der Waals surface area contributed by atoms with E-state index in [1.165, 1.54) is 15.6 Å². The third-order valence-electron chi connectivity index (χ3n) is 2.24. The first-order valence-corrected chi connectivity index (χ1v) is 5.36. The molecule has 2 aromatic rings. The molecular formula is C10H10OS2. The van der Waals surface area contributed by atoms with Crippen LogP contribution < -0.4 is 0 Å². The second-order valence-electron chi connectivity index (χ2n) is 3.00. The van der Waals surface area contributed by atoms with Crippen LogP contribution in [0, 0.1) is 6.92 Å². The number of thiophene rings is 1. The van der Waals surface area contributed by atoms with Crippen LogP contribution in [0.5, 0.6) is 0 Å². The van der Waals surface area contributed by atoms with Crippen LogP contribution in [0.1, 0.15) is 11.1 Å². The van der Waals surface area contributed by atoms with Gasteiger partial charge >= 0.3 is 0 Å². The number of aliphatic hydroxyl groups is 1. The molecule has 1 nitrogen and oxygen atoms in total. The van der Waals surface area contributed by atoms with Gasteiger partial charge in [0.25, 0.3) is 0 Å². The fourth-order valence-electron chi connectivity index (χ4n) is 1.46. The summed E-state index contributed by atoms with van der Waals surface area (Å²) in [5.41, 5.74) is 2.14. The zero-order valence-corrected chi connectivity index (χ0v) is 8.95. The molecule has 3 heteroatoms. The van der Waals surface area contributed by atoms with Crippen molar-refractivity contribution in [2.75, 3.05) is 0 Å². The molecule has 0 atom stereocenters. The maximum Gasteiger partial charge on any atom is 0.0685 e. The number of benzene rings is 1. The maximum absolute atomic E-state index is 9.11. The number of hydrogen-bond donors (Lipinski definition) is 2. The largest absolute Gasteiger partial charge is 0.392 e. The van der Waals surface area contributed by atoms with Crippen molar-refractivity contribution in [1.82, 2.24) is 0 Å². The molecule has 0 fully saturated rings. The summed E-state index contributed by atoms with van der Waals surface area (Å²) in [5, 5.41) is 12.3. The second-order valence-corrected chi connectivity index (χ2v) is 4.40. The van der Waals surface area contributed by atoms with E-state index < -0.39 is 0 Å². The number of aliphatic hydroxyl groups excluding tert-OH is 1. The van der Waals surface area contributed by atoms with Gasteiger partial charge in [-0.25, -0.2) is 0 Å². The van der Waals surface area contributed by atoms with Gasteiger partial charge in [0.2, 0.25) is 0 Å². The molecule has 1 heterocycles. The van der Waals surface area contributed by atoms with E-state index in [0.29, 0.717) is 0 Å². The number of thiol groups is 1. The van der Waals surface area contributed by atoms with Crippen molar-refractivity contribution in [3.8, 4) is 0 Å². The highest BCUT2D eigenvalue weighted by molar-refractivity contribution is 7.80. The molecule has 0 bridgehead atoms. The molecule has 0 saturated carbocycles. The number of fused-ring (bicyclic) bond motifs is 1. The Kier molecular flexibility index (Phi) is 2.32. The summed E-state index contributed by atoms with van der Waals surface area (Å²) < 4.78 is 1.23.